The van der Waals surface area contributed by atoms with Gasteiger partial charge in [0.15, 0.2) is 11.0 Å². The molecule has 1 N–H and O–H groups in total. The number of carbonyl (C=O) groups is 1. The topological polar surface area (TPSA) is 69.0 Å². The molecular formula is C26H32N4O2S. The van der Waals surface area contributed by atoms with Gasteiger partial charge in [-0.25, -0.2) is 0 Å². The molecule has 1 aromatic heterocycles. The molecule has 1 aliphatic rings. The van der Waals surface area contributed by atoms with Crippen molar-refractivity contribution < 1.29 is 9.53 Å². The molecule has 1 aliphatic carbocycles. The zero-order valence-corrected chi connectivity index (χ0v) is 20.2. The lowest BCUT2D eigenvalue weighted by Crippen LogP contribution is -2.32. The van der Waals surface area contributed by atoms with Crippen molar-refractivity contribution in [1.29, 1.82) is 0 Å². The minimum atomic E-state index is -0.314. The molecule has 174 valence electrons. The Hall–Kier alpha value is -2.80. The number of methoxy groups -OCH3 is 1. The van der Waals surface area contributed by atoms with Crippen LogP contribution in [-0.4, -0.2) is 33.5 Å². The fourth-order valence-corrected chi connectivity index (χ4v) is 5.53. The molecule has 0 saturated heterocycles. The zero-order chi connectivity index (χ0) is 23.0. The fourth-order valence-electron chi connectivity index (χ4n) is 4.43. The Bertz CT molecular complexity index is 1050. The highest BCUT2D eigenvalue weighted by molar-refractivity contribution is 7.99. The Labute approximate surface area is 200 Å². The summed E-state index contributed by atoms with van der Waals surface area (Å²) in [6.45, 7) is 0. The van der Waals surface area contributed by atoms with Gasteiger partial charge in [0.05, 0.1) is 18.7 Å². The number of nitrogens with one attached hydrogen (secondary N) is 1. The van der Waals surface area contributed by atoms with Crippen LogP contribution in [0.4, 0.5) is 0 Å². The van der Waals surface area contributed by atoms with E-state index in [2.05, 4.69) is 27.6 Å². The smallest absolute Gasteiger partial charge is 0.255 e. The molecular weight excluding hydrogens is 432 g/mol. The number of carbonyl (C=O) groups excluding carboxylic acids is 1. The second kappa shape index (κ2) is 11.4. The van der Waals surface area contributed by atoms with Gasteiger partial charge >= 0.3 is 0 Å². The van der Waals surface area contributed by atoms with Crippen LogP contribution in [0.1, 0.15) is 59.9 Å². The van der Waals surface area contributed by atoms with E-state index >= 15 is 0 Å². The highest BCUT2D eigenvalue weighted by atomic mass is 32.2. The largest absolute Gasteiger partial charge is 0.496 e. The number of para-hydroxylation sites is 1. The summed E-state index contributed by atoms with van der Waals surface area (Å²) >= 11 is 1.78. The number of hydrogen-bond donors (Lipinski definition) is 1. The standard InChI is InChI=1S/C26H32N4O2S/c1-30-24(28-29-26(30)33-18-20-13-7-4-8-14-20)22(17-19-11-5-3-6-12-19)27-25(31)21-15-9-10-16-23(21)32-2/h3,5-6,9-12,15-16,20,22H,4,7-8,13-14,17-18H2,1-2H3,(H,27,31)/t22-/m0/s1. The second-order valence-corrected chi connectivity index (χ2v) is 9.62. The Kier molecular flexibility index (Phi) is 8.05. The maximum Gasteiger partial charge on any atom is 0.255 e. The molecule has 1 amide bonds. The molecule has 0 spiro atoms. The van der Waals surface area contributed by atoms with Crippen LogP contribution >= 0.6 is 11.8 Å². The average Bonchev–Trinajstić information content (AvgIpc) is 3.23. The zero-order valence-electron chi connectivity index (χ0n) is 19.4. The number of rotatable bonds is 9. The quantitative estimate of drug-likeness (QED) is 0.440. The van der Waals surface area contributed by atoms with Crippen LogP contribution in [-0.2, 0) is 13.5 Å². The molecule has 0 bridgehead atoms. The lowest BCUT2D eigenvalue weighted by atomic mass is 9.91. The van der Waals surface area contributed by atoms with Crippen LogP contribution in [0.25, 0.3) is 0 Å². The third kappa shape index (κ3) is 5.96. The normalized spacial score (nSPS) is 15.2. The number of thioether (sulfide) groups is 1. The van der Waals surface area contributed by atoms with E-state index in [0.717, 1.165) is 28.2 Å². The molecule has 3 aromatic rings. The fraction of sp³-hybridized carbons (Fsp3) is 0.423. The van der Waals surface area contributed by atoms with E-state index in [-0.39, 0.29) is 11.9 Å². The molecule has 33 heavy (non-hydrogen) atoms. The van der Waals surface area contributed by atoms with Gasteiger partial charge in [0.1, 0.15) is 5.75 Å². The van der Waals surface area contributed by atoms with Crippen molar-refractivity contribution in [2.45, 2.75) is 49.7 Å². The van der Waals surface area contributed by atoms with Crippen molar-refractivity contribution in [2.24, 2.45) is 13.0 Å². The van der Waals surface area contributed by atoms with E-state index in [1.807, 2.05) is 41.9 Å². The van der Waals surface area contributed by atoms with Crippen LogP contribution in [0.15, 0.2) is 59.8 Å². The minimum Gasteiger partial charge on any atom is -0.496 e. The molecule has 2 aromatic carbocycles. The van der Waals surface area contributed by atoms with Crippen LogP contribution in [0.5, 0.6) is 5.75 Å². The molecule has 4 rings (SSSR count). The van der Waals surface area contributed by atoms with Crippen molar-refractivity contribution in [3.05, 3.63) is 71.5 Å². The van der Waals surface area contributed by atoms with Gasteiger partial charge in [0.25, 0.3) is 5.91 Å². The molecule has 7 heteroatoms. The van der Waals surface area contributed by atoms with Crippen molar-refractivity contribution in [1.82, 2.24) is 20.1 Å². The van der Waals surface area contributed by atoms with Crippen molar-refractivity contribution in [3.8, 4) is 5.75 Å². The Morgan fingerprint density at radius 1 is 1.09 bits per heavy atom. The summed E-state index contributed by atoms with van der Waals surface area (Å²) in [7, 11) is 3.57. The highest BCUT2D eigenvalue weighted by Gasteiger charge is 2.24. The predicted molar refractivity (Wildman–Crippen MR) is 132 cm³/mol. The summed E-state index contributed by atoms with van der Waals surface area (Å²) in [5.41, 5.74) is 1.63. The molecule has 1 atom stereocenters. The van der Waals surface area contributed by atoms with Crippen molar-refractivity contribution >= 4 is 17.7 Å². The number of aromatic nitrogens is 3. The Balaban J connectivity index is 1.54. The summed E-state index contributed by atoms with van der Waals surface area (Å²) in [6, 6.07) is 17.1. The average molecular weight is 465 g/mol. The molecule has 1 heterocycles. The van der Waals surface area contributed by atoms with Crippen LogP contribution in [0, 0.1) is 5.92 Å². The predicted octanol–water partition coefficient (Wildman–Crippen LogP) is 5.21. The van der Waals surface area contributed by atoms with Crippen molar-refractivity contribution in [2.75, 3.05) is 12.9 Å². The van der Waals surface area contributed by atoms with Gasteiger partial charge in [-0.2, -0.15) is 0 Å². The molecule has 6 nitrogen and oxygen atoms in total. The first-order valence-electron chi connectivity index (χ1n) is 11.7. The summed E-state index contributed by atoms with van der Waals surface area (Å²) < 4.78 is 7.42. The van der Waals surface area contributed by atoms with Gasteiger partial charge in [-0.15, -0.1) is 10.2 Å². The van der Waals surface area contributed by atoms with Gasteiger partial charge in [0.2, 0.25) is 0 Å². The van der Waals surface area contributed by atoms with Crippen LogP contribution < -0.4 is 10.1 Å². The van der Waals surface area contributed by atoms with Crippen molar-refractivity contribution in [3.63, 3.8) is 0 Å². The van der Waals surface area contributed by atoms with Gasteiger partial charge in [-0.1, -0.05) is 73.5 Å². The maximum atomic E-state index is 13.2. The third-order valence-electron chi connectivity index (χ3n) is 6.29. The van der Waals surface area contributed by atoms with E-state index in [1.165, 1.54) is 32.1 Å². The number of nitrogens with zero attached hydrogens (tertiary/aromatic N) is 3. The summed E-state index contributed by atoms with van der Waals surface area (Å²) in [5, 5.41) is 13.1. The first-order chi connectivity index (χ1) is 16.2. The third-order valence-corrected chi connectivity index (χ3v) is 7.54. The van der Waals surface area contributed by atoms with E-state index in [9.17, 15) is 4.79 Å². The van der Waals surface area contributed by atoms with E-state index in [1.54, 1.807) is 31.0 Å². The van der Waals surface area contributed by atoms with Gasteiger partial charge < -0.3 is 14.6 Å². The van der Waals surface area contributed by atoms with E-state index in [4.69, 9.17) is 4.74 Å². The lowest BCUT2D eigenvalue weighted by molar-refractivity contribution is 0.0931. The summed E-state index contributed by atoms with van der Waals surface area (Å²) in [4.78, 5) is 13.2. The molecule has 0 unspecified atom stereocenters. The summed E-state index contributed by atoms with van der Waals surface area (Å²) in [6.07, 6.45) is 7.28. The van der Waals surface area contributed by atoms with E-state index in [0.29, 0.717) is 17.7 Å². The minimum absolute atomic E-state index is 0.187. The SMILES string of the molecule is COc1ccccc1C(=O)N[C@@H](Cc1ccccc1)c1nnc(SCC2CCCCC2)n1C. The Morgan fingerprint density at radius 3 is 2.58 bits per heavy atom. The lowest BCUT2D eigenvalue weighted by Gasteiger charge is -2.21. The van der Waals surface area contributed by atoms with Gasteiger partial charge in [0, 0.05) is 12.8 Å². The second-order valence-electron chi connectivity index (χ2n) is 8.63. The van der Waals surface area contributed by atoms with Crippen LogP contribution in [0.3, 0.4) is 0 Å². The molecule has 1 fully saturated rings. The first kappa shape index (κ1) is 23.4. The van der Waals surface area contributed by atoms with Crippen LogP contribution in [0.2, 0.25) is 0 Å². The monoisotopic (exact) mass is 464 g/mol. The number of ether oxygens (including phenoxy) is 1. The highest BCUT2D eigenvalue weighted by Crippen LogP contribution is 2.30. The molecule has 1 saturated carbocycles. The molecule has 0 radical (unpaired) electrons. The maximum absolute atomic E-state index is 13.2. The first-order valence-corrected chi connectivity index (χ1v) is 12.6. The molecule has 0 aliphatic heterocycles. The Morgan fingerprint density at radius 2 is 1.82 bits per heavy atom. The van der Waals surface area contributed by atoms with E-state index < -0.39 is 0 Å². The number of benzene rings is 2. The van der Waals surface area contributed by atoms with Gasteiger partial charge in [-0.05, 0) is 42.9 Å². The number of amides is 1. The summed E-state index contributed by atoms with van der Waals surface area (Å²) in [5.74, 6) is 2.95. The van der Waals surface area contributed by atoms with Gasteiger partial charge in [-0.3, -0.25) is 4.79 Å². The number of hydrogen-bond acceptors (Lipinski definition) is 5.